The zero-order chi connectivity index (χ0) is 15.1. The van der Waals surface area contributed by atoms with Crippen LogP contribution in [0.2, 0.25) is 5.02 Å². The Balaban J connectivity index is 2.06. The highest BCUT2D eigenvalue weighted by molar-refractivity contribution is 6.31. The number of nitrogens with one attached hydrogen (secondary N) is 1. The van der Waals surface area contributed by atoms with E-state index in [0.717, 1.165) is 48.1 Å². The first-order valence-corrected chi connectivity index (χ1v) is 7.74. The number of aryl methyl sites for hydroxylation is 1. The summed E-state index contributed by atoms with van der Waals surface area (Å²) < 4.78 is 8.02. The Morgan fingerprint density at radius 2 is 2.19 bits per heavy atom. The number of benzene rings is 1. The second-order valence-corrected chi connectivity index (χ2v) is 5.26. The van der Waals surface area contributed by atoms with Gasteiger partial charge in [-0.05, 0) is 32.0 Å². The molecular weight excluding hydrogens is 286 g/mol. The highest BCUT2D eigenvalue weighted by Gasteiger charge is 2.09. The number of hydrogen-bond donors (Lipinski definition) is 1. The van der Waals surface area contributed by atoms with Gasteiger partial charge >= 0.3 is 0 Å². The maximum absolute atomic E-state index is 6.29. The molecule has 2 rings (SSSR count). The second kappa shape index (κ2) is 8.05. The number of ether oxygens (including phenoxy) is 1. The van der Waals surface area contributed by atoms with Crippen LogP contribution in [-0.4, -0.2) is 16.1 Å². The van der Waals surface area contributed by atoms with Gasteiger partial charge in [0.05, 0.1) is 18.2 Å². The molecule has 0 spiro atoms. The van der Waals surface area contributed by atoms with Crippen molar-refractivity contribution in [3.63, 3.8) is 0 Å². The van der Waals surface area contributed by atoms with E-state index in [0.29, 0.717) is 6.61 Å². The van der Waals surface area contributed by atoms with Gasteiger partial charge in [0.15, 0.2) is 0 Å². The molecule has 21 heavy (non-hydrogen) atoms. The largest absolute Gasteiger partial charge is 0.487 e. The Hall–Kier alpha value is -1.52. The van der Waals surface area contributed by atoms with Gasteiger partial charge in [-0.2, -0.15) is 0 Å². The molecule has 0 amide bonds. The van der Waals surface area contributed by atoms with E-state index in [1.54, 1.807) is 0 Å². The summed E-state index contributed by atoms with van der Waals surface area (Å²) in [6.07, 6.45) is 4.75. The van der Waals surface area contributed by atoms with Crippen LogP contribution < -0.4 is 10.1 Å². The topological polar surface area (TPSA) is 39.1 Å². The zero-order valence-corrected chi connectivity index (χ0v) is 13.4. The third-order valence-corrected chi connectivity index (χ3v) is 3.67. The lowest BCUT2D eigenvalue weighted by Crippen LogP contribution is -2.15. The van der Waals surface area contributed by atoms with Gasteiger partial charge in [-0.15, -0.1) is 0 Å². The SMILES string of the molecule is CCCNCc1c(Cl)cccc1OCc1cncn1CC. The molecule has 0 aliphatic rings. The second-order valence-electron chi connectivity index (χ2n) is 4.85. The molecule has 1 aromatic heterocycles. The fourth-order valence-corrected chi connectivity index (χ4v) is 2.37. The van der Waals surface area contributed by atoms with E-state index in [1.165, 1.54) is 0 Å². The Morgan fingerprint density at radius 3 is 2.95 bits per heavy atom. The van der Waals surface area contributed by atoms with Gasteiger partial charge in [0.25, 0.3) is 0 Å². The van der Waals surface area contributed by atoms with E-state index in [4.69, 9.17) is 16.3 Å². The molecule has 0 saturated carbocycles. The lowest BCUT2D eigenvalue weighted by atomic mass is 10.2. The summed E-state index contributed by atoms with van der Waals surface area (Å²) >= 11 is 6.29. The molecule has 5 heteroatoms. The molecule has 0 bridgehead atoms. The van der Waals surface area contributed by atoms with Crippen LogP contribution in [0.3, 0.4) is 0 Å². The molecule has 0 aliphatic carbocycles. The van der Waals surface area contributed by atoms with Crippen molar-refractivity contribution in [1.29, 1.82) is 0 Å². The third kappa shape index (κ3) is 4.22. The fraction of sp³-hybridized carbons (Fsp3) is 0.438. The maximum atomic E-state index is 6.29. The lowest BCUT2D eigenvalue weighted by Gasteiger charge is -2.14. The molecule has 0 unspecified atom stereocenters. The van der Waals surface area contributed by atoms with E-state index in [1.807, 2.05) is 30.7 Å². The van der Waals surface area contributed by atoms with Crippen LogP contribution in [0, 0.1) is 0 Å². The Bertz CT molecular complexity index is 568. The molecule has 0 aliphatic heterocycles. The summed E-state index contributed by atoms with van der Waals surface area (Å²) in [4.78, 5) is 4.15. The average molecular weight is 308 g/mol. The number of aromatic nitrogens is 2. The number of nitrogens with zero attached hydrogens (tertiary/aromatic N) is 2. The van der Waals surface area contributed by atoms with Crippen LogP contribution in [0.15, 0.2) is 30.7 Å². The molecule has 0 radical (unpaired) electrons. The maximum Gasteiger partial charge on any atom is 0.130 e. The Kier molecular flexibility index (Phi) is 6.08. The van der Waals surface area contributed by atoms with Gasteiger partial charge in [0.2, 0.25) is 0 Å². The monoisotopic (exact) mass is 307 g/mol. The molecule has 4 nitrogen and oxygen atoms in total. The molecular formula is C16H22ClN3O. The van der Waals surface area contributed by atoms with E-state index in [-0.39, 0.29) is 0 Å². The van der Waals surface area contributed by atoms with Crippen LogP contribution in [0.5, 0.6) is 5.75 Å². The molecule has 0 saturated heterocycles. The predicted octanol–water partition coefficient (Wildman–Crippen LogP) is 3.64. The first-order chi connectivity index (χ1) is 10.3. The molecule has 1 aromatic carbocycles. The summed E-state index contributed by atoms with van der Waals surface area (Å²) in [5.41, 5.74) is 2.07. The molecule has 1 N–H and O–H groups in total. The molecule has 2 aromatic rings. The average Bonchev–Trinajstić information content (AvgIpc) is 2.95. The van der Waals surface area contributed by atoms with Gasteiger partial charge in [-0.1, -0.05) is 24.6 Å². The number of rotatable bonds is 8. The van der Waals surface area contributed by atoms with Crippen LogP contribution in [0.25, 0.3) is 0 Å². The Morgan fingerprint density at radius 1 is 1.33 bits per heavy atom. The van der Waals surface area contributed by atoms with Gasteiger partial charge in [0.1, 0.15) is 12.4 Å². The first kappa shape index (κ1) is 15.9. The van der Waals surface area contributed by atoms with Crippen LogP contribution in [0.1, 0.15) is 31.5 Å². The predicted molar refractivity (Wildman–Crippen MR) is 85.7 cm³/mol. The van der Waals surface area contributed by atoms with Crippen molar-refractivity contribution < 1.29 is 4.74 Å². The van der Waals surface area contributed by atoms with Crippen molar-refractivity contribution in [3.8, 4) is 5.75 Å². The van der Waals surface area contributed by atoms with Crippen molar-refractivity contribution in [3.05, 3.63) is 47.0 Å². The highest BCUT2D eigenvalue weighted by atomic mass is 35.5. The van der Waals surface area contributed by atoms with Crippen LogP contribution in [-0.2, 0) is 19.7 Å². The Labute approximate surface area is 131 Å². The quantitative estimate of drug-likeness (QED) is 0.757. The summed E-state index contributed by atoms with van der Waals surface area (Å²) in [6.45, 7) is 7.30. The summed E-state index contributed by atoms with van der Waals surface area (Å²) in [5.74, 6) is 0.829. The standard InChI is InChI=1S/C16H22ClN3O/c1-3-8-18-10-14-15(17)6-5-7-16(14)21-11-13-9-19-12-20(13)4-2/h5-7,9,12,18H,3-4,8,10-11H2,1-2H3. The number of halogens is 1. The van der Waals surface area contributed by atoms with Crippen LogP contribution >= 0.6 is 11.6 Å². The van der Waals surface area contributed by atoms with Crippen molar-refractivity contribution >= 4 is 11.6 Å². The first-order valence-electron chi connectivity index (χ1n) is 7.36. The minimum atomic E-state index is 0.495. The van der Waals surface area contributed by atoms with Crippen molar-refractivity contribution in [2.45, 2.75) is 40.0 Å². The van der Waals surface area contributed by atoms with E-state index in [2.05, 4.69) is 28.7 Å². The normalized spacial score (nSPS) is 10.8. The van der Waals surface area contributed by atoms with Crippen molar-refractivity contribution in [2.75, 3.05) is 6.54 Å². The highest BCUT2D eigenvalue weighted by Crippen LogP contribution is 2.27. The van der Waals surface area contributed by atoms with Gasteiger partial charge < -0.3 is 14.6 Å². The van der Waals surface area contributed by atoms with E-state index >= 15 is 0 Å². The summed E-state index contributed by atoms with van der Waals surface area (Å²) in [6, 6.07) is 5.77. The van der Waals surface area contributed by atoms with E-state index < -0.39 is 0 Å². The molecule has 0 atom stereocenters. The van der Waals surface area contributed by atoms with E-state index in [9.17, 15) is 0 Å². The van der Waals surface area contributed by atoms with Gasteiger partial charge in [-0.3, -0.25) is 0 Å². The lowest BCUT2D eigenvalue weighted by molar-refractivity contribution is 0.291. The van der Waals surface area contributed by atoms with Crippen LogP contribution in [0.4, 0.5) is 0 Å². The smallest absolute Gasteiger partial charge is 0.130 e. The van der Waals surface area contributed by atoms with Gasteiger partial charge in [-0.25, -0.2) is 4.98 Å². The third-order valence-electron chi connectivity index (χ3n) is 3.32. The number of imidazole rings is 1. The van der Waals surface area contributed by atoms with Crippen molar-refractivity contribution in [2.24, 2.45) is 0 Å². The zero-order valence-electron chi connectivity index (χ0n) is 12.6. The van der Waals surface area contributed by atoms with Gasteiger partial charge in [0, 0.05) is 23.7 Å². The number of hydrogen-bond acceptors (Lipinski definition) is 3. The molecule has 114 valence electrons. The molecule has 1 heterocycles. The minimum Gasteiger partial charge on any atom is -0.487 e. The van der Waals surface area contributed by atoms with Crippen molar-refractivity contribution in [1.82, 2.24) is 14.9 Å². The minimum absolute atomic E-state index is 0.495. The summed E-state index contributed by atoms with van der Waals surface area (Å²) in [7, 11) is 0. The fourth-order valence-electron chi connectivity index (χ4n) is 2.14. The molecule has 0 fully saturated rings. The summed E-state index contributed by atoms with van der Waals surface area (Å²) in [5, 5.41) is 4.10.